The molecule has 2 N–H and O–H groups in total. The minimum absolute atomic E-state index is 0.0410. The van der Waals surface area contributed by atoms with Gasteiger partial charge in [0.1, 0.15) is 0 Å². The fourth-order valence-electron chi connectivity index (χ4n) is 2.66. The van der Waals surface area contributed by atoms with Crippen LogP contribution in [0.15, 0.2) is 51.6 Å². The number of nitrogens with one attached hydrogen (secondary N) is 2. The molecule has 1 aromatic carbocycles. The van der Waals surface area contributed by atoms with E-state index in [2.05, 4.69) is 20.8 Å². The third kappa shape index (κ3) is 6.04. The summed E-state index contributed by atoms with van der Waals surface area (Å²) in [6, 6.07) is 10.5. The Morgan fingerprint density at radius 2 is 1.87 bits per heavy atom. The lowest BCUT2D eigenvalue weighted by atomic mass is 9.96. The molecule has 0 aliphatic heterocycles. The highest BCUT2D eigenvalue weighted by Gasteiger charge is 2.20. The number of benzene rings is 1. The molecular formula is C22H26N4O4. The molecule has 0 unspecified atom stereocenters. The lowest BCUT2D eigenvalue weighted by Crippen LogP contribution is -2.22. The number of hydrogen-bond donors (Lipinski definition) is 2. The van der Waals surface area contributed by atoms with Crippen molar-refractivity contribution in [3.63, 3.8) is 0 Å². The molecule has 0 saturated heterocycles. The summed E-state index contributed by atoms with van der Waals surface area (Å²) in [5, 5.41) is 9.62. The van der Waals surface area contributed by atoms with Crippen molar-refractivity contribution < 1.29 is 18.5 Å². The van der Waals surface area contributed by atoms with E-state index in [1.165, 1.54) is 6.26 Å². The number of rotatable bonds is 8. The standard InChI is InChI=1S/C22H26N4O4/c1-22(2,3)21-25-19(30-26-21)8-4-7-18(27)23-14-15-9-11-16(12-10-15)24-20(28)17-6-5-13-29-17/h5-6,9-13H,4,7-8,14H2,1-3H3,(H,23,27)(H,24,28). The zero-order valence-corrected chi connectivity index (χ0v) is 17.4. The first-order valence-corrected chi connectivity index (χ1v) is 9.85. The first-order chi connectivity index (χ1) is 14.3. The number of hydrogen-bond acceptors (Lipinski definition) is 6. The molecule has 0 bridgehead atoms. The molecule has 8 nitrogen and oxygen atoms in total. The Morgan fingerprint density at radius 1 is 1.10 bits per heavy atom. The summed E-state index contributed by atoms with van der Waals surface area (Å²) in [5.74, 6) is 1.13. The third-order valence-electron chi connectivity index (χ3n) is 4.38. The van der Waals surface area contributed by atoms with Crippen molar-refractivity contribution in [3.05, 3.63) is 65.7 Å². The first kappa shape index (κ1) is 21.3. The Hall–Kier alpha value is -3.42. The largest absolute Gasteiger partial charge is 0.459 e. The lowest BCUT2D eigenvalue weighted by molar-refractivity contribution is -0.121. The predicted molar refractivity (Wildman–Crippen MR) is 111 cm³/mol. The van der Waals surface area contributed by atoms with E-state index in [1.807, 2.05) is 32.9 Å². The lowest BCUT2D eigenvalue weighted by Gasteiger charge is -2.10. The van der Waals surface area contributed by atoms with Crippen LogP contribution in [0.1, 0.15) is 61.4 Å². The van der Waals surface area contributed by atoms with Crippen LogP contribution in [0.2, 0.25) is 0 Å². The SMILES string of the molecule is CC(C)(C)c1noc(CCCC(=O)NCc2ccc(NC(=O)c3ccco3)cc2)n1. The van der Waals surface area contributed by atoms with E-state index < -0.39 is 0 Å². The van der Waals surface area contributed by atoms with Crippen molar-refractivity contribution >= 4 is 17.5 Å². The van der Waals surface area contributed by atoms with Gasteiger partial charge >= 0.3 is 0 Å². The molecule has 0 spiro atoms. The minimum Gasteiger partial charge on any atom is -0.459 e. The summed E-state index contributed by atoms with van der Waals surface area (Å²) in [6.07, 6.45) is 3.03. The topological polar surface area (TPSA) is 110 Å². The average molecular weight is 410 g/mol. The molecule has 8 heteroatoms. The van der Waals surface area contributed by atoms with Gasteiger partial charge in [0.25, 0.3) is 5.91 Å². The van der Waals surface area contributed by atoms with E-state index in [9.17, 15) is 9.59 Å². The van der Waals surface area contributed by atoms with Gasteiger partial charge in [-0.2, -0.15) is 4.98 Å². The number of amides is 2. The smallest absolute Gasteiger partial charge is 0.291 e. The second-order valence-corrected chi connectivity index (χ2v) is 8.02. The van der Waals surface area contributed by atoms with Crippen molar-refractivity contribution in [3.8, 4) is 0 Å². The second-order valence-electron chi connectivity index (χ2n) is 8.02. The number of anilines is 1. The molecule has 0 atom stereocenters. The van der Waals surface area contributed by atoms with Gasteiger partial charge in [0.05, 0.1) is 6.26 Å². The van der Waals surface area contributed by atoms with Gasteiger partial charge in [0, 0.05) is 30.5 Å². The predicted octanol–water partition coefficient (Wildman–Crippen LogP) is 3.85. The van der Waals surface area contributed by atoms with Crippen molar-refractivity contribution in [2.45, 2.75) is 52.0 Å². The van der Waals surface area contributed by atoms with E-state index >= 15 is 0 Å². The van der Waals surface area contributed by atoms with Crippen LogP contribution in [0, 0.1) is 0 Å². The summed E-state index contributed by atoms with van der Waals surface area (Å²) in [4.78, 5) is 28.4. The molecular weight excluding hydrogens is 384 g/mol. The molecule has 0 aliphatic carbocycles. The Morgan fingerprint density at radius 3 is 2.50 bits per heavy atom. The van der Waals surface area contributed by atoms with Crippen LogP contribution in [0.4, 0.5) is 5.69 Å². The third-order valence-corrected chi connectivity index (χ3v) is 4.38. The van der Waals surface area contributed by atoms with Gasteiger partial charge in [-0.15, -0.1) is 0 Å². The van der Waals surface area contributed by atoms with Gasteiger partial charge in [-0.3, -0.25) is 9.59 Å². The van der Waals surface area contributed by atoms with Gasteiger partial charge < -0.3 is 19.6 Å². The summed E-state index contributed by atoms with van der Waals surface area (Å²) >= 11 is 0. The minimum atomic E-state index is -0.308. The number of aromatic nitrogens is 2. The van der Waals surface area contributed by atoms with Crippen LogP contribution < -0.4 is 10.6 Å². The molecule has 2 amide bonds. The normalized spacial score (nSPS) is 11.3. The maximum absolute atomic E-state index is 12.1. The van der Waals surface area contributed by atoms with Crippen molar-refractivity contribution in [2.24, 2.45) is 0 Å². The highest BCUT2D eigenvalue weighted by atomic mass is 16.5. The Balaban J connectivity index is 1.38. The van der Waals surface area contributed by atoms with Crippen molar-refractivity contribution in [1.29, 1.82) is 0 Å². The van der Waals surface area contributed by atoms with Crippen LogP contribution >= 0.6 is 0 Å². The molecule has 2 aromatic heterocycles. The van der Waals surface area contributed by atoms with E-state index in [-0.39, 0.29) is 23.0 Å². The van der Waals surface area contributed by atoms with Gasteiger partial charge in [0.2, 0.25) is 11.8 Å². The van der Waals surface area contributed by atoms with Crippen LogP contribution in [0.5, 0.6) is 0 Å². The molecule has 3 rings (SSSR count). The van der Waals surface area contributed by atoms with Gasteiger partial charge in [-0.1, -0.05) is 38.1 Å². The molecule has 30 heavy (non-hydrogen) atoms. The Labute approximate surface area is 175 Å². The summed E-state index contributed by atoms with van der Waals surface area (Å²) in [6.45, 7) is 6.48. The second kappa shape index (κ2) is 9.39. The Kier molecular flexibility index (Phi) is 6.66. The molecule has 158 valence electrons. The average Bonchev–Trinajstić information content (AvgIpc) is 3.39. The van der Waals surface area contributed by atoms with Crippen LogP contribution in [0.25, 0.3) is 0 Å². The van der Waals surface area contributed by atoms with Crippen LogP contribution in [0.3, 0.4) is 0 Å². The zero-order chi connectivity index (χ0) is 21.6. The molecule has 0 fully saturated rings. The highest BCUT2D eigenvalue weighted by molar-refractivity contribution is 6.02. The van der Waals surface area contributed by atoms with E-state index in [4.69, 9.17) is 8.94 Å². The molecule has 0 radical (unpaired) electrons. The zero-order valence-electron chi connectivity index (χ0n) is 17.4. The number of furan rings is 1. The van der Waals surface area contributed by atoms with Crippen LogP contribution in [-0.2, 0) is 23.2 Å². The number of carbonyl (C=O) groups is 2. The van der Waals surface area contributed by atoms with Crippen molar-refractivity contribution in [1.82, 2.24) is 15.5 Å². The summed E-state index contributed by atoms with van der Waals surface area (Å²) < 4.78 is 10.3. The van der Waals surface area contributed by atoms with Crippen molar-refractivity contribution in [2.75, 3.05) is 5.32 Å². The molecule has 2 heterocycles. The number of nitrogens with zero attached hydrogens (tertiary/aromatic N) is 2. The van der Waals surface area contributed by atoms with E-state index in [1.54, 1.807) is 24.3 Å². The first-order valence-electron chi connectivity index (χ1n) is 9.85. The summed E-state index contributed by atoms with van der Waals surface area (Å²) in [5.41, 5.74) is 1.43. The van der Waals surface area contributed by atoms with E-state index in [0.29, 0.717) is 43.2 Å². The Bertz CT molecular complexity index is 969. The number of aryl methyl sites for hydroxylation is 1. The molecule has 0 saturated carbocycles. The van der Waals surface area contributed by atoms with Gasteiger partial charge in [0.15, 0.2) is 11.6 Å². The molecule has 3 aromatic rings. The van der Waals surface area contributed by atoms with Gasteiger partial charge in [-0.05, 0) is 36.2 Å². The maximum Gasteiger partial charge on any atom is 0.291 e. The monoisotopic (exact) mass is 410 g/mol. The summed E-state index contributed by atoms with van der Waals surface area (Å²) in [7, 11) is 0. The van der Waals surface area contributed by atoms with Crippen LogP contribution in [-0.4, -0.2) is 22.0 Å². The number of carbonyl (C=O) groups excluding carboxylic acids is 2. The fourth-order valence-corrected chi connectivity index (χ4v) is 2.66. The van der Waals surface area contributed by atoms with E-state index in [0.717, 1.165) is 5.56 Å². The maximum atomic E-state index is 12.1. The quantitative estimate of drug-likeness (QED) is 0.584. The molecule has 0 aliphatic rings. The highest BCUT2D eigenvalue weighted by Crippen LogP contribution is 2.19. The fraction of sp³-hybridized carbons (Fsp3) is 0.364. The van der Waals surface area contributed by atoms with Gasteiger partial charge in [-0.25, -0.2) is 0 Å².